The third-order valence-corrected chi connectivity index (χ3v) is 3.42. The zero-order valence-corrected chi connectivity index (χ0v) is 10.5. The molecule has 0 aromatic carbocycles. The number of halogens is 1. The van der Waals surface area contributed by atoms with Gasteiger partial charge in [0.1, 0.15) is 11.6 Å². The number of rotatable bonds is 4. The highest BCUT2D eigenvalue weighted by molar-refractivity contribution is 5.95. The summed E-state index contributed by atoms with van der Waals surface area (Å²) in [5.41, 5.74) is -0.342. The van der Waals surface area contributed by atoms with E-state index in [1.807, 2.05) is 0 Å². The molecule has 2 N–H and O–H groups in total. The van der Waals surface area contributed by atoms with E-state index in [1.54, 1.807) is 0 Å². The van der Waals surface area contributed by atoms with E-state index < -0.39 is 5.82 Å². The Morgan fingerprint density at radius 2 is 2.44 bits per heavy atom. The molecule has 1 saturated heterocycles. The van der Waals surface area contributed by atoms with Gasteiger partial charge in [0.15, 0.2) is 0 Å². The maximum atomic E-state index is 12.7. The first-order chi connectivity index (χ1) is 8.66. The van der Waals surface area contributed by atoms with E-state index in [0.29, 0.717) is 12.4 Å². The van der Waals surface area contributed by atoms with Gasteiger partial charge in [0.2, 0.25) is 5.91 Å². The van der Waals surface area contributed by atoms with Gasteiger partial charge in [0.05, 0.1) is 11.6 Å². The third-order valence-electron chi connectivity index (χ3n) is 3.42. The summed E-state index contributed by atoms with van der Waals surface area (Å²) in [6.45, 7) is 3.64. The number of aromatic nitrogens is 1. The molecular formula is C13H18FN3O. The zero-order valence-electron chi connectivity index (χ0n) is 10.5. The van der Waals surface area contributed by atoms with E-state index in [2.05, 4.69) is 22.5 Å². The molecule has 2 heterocycles. The molecule has 98 valence electrons. The fraction of sp³-hybridized carbons (Fsp3) is 0.538. The second-order valence-electron chi connectivity index (χ2n) is 4.77. The Hall–Kier alpha value is -1.49. The number of hydrogen-bond donors (Lipinski definition) is 2. The molecule has 1 aromatic heterocycles. The van der Waals surface area contributed by atoms with Crippen molar-refractivity contribution in [3.63, 3.8) is 0 Å². The predicted molar refractivity (Wildman–Crippen MR) is 67.7 cm³/mol. The number of carbonyl (C=O) groups is 1. The van der Waals surface area contributed by atoms with Crippen LogP contribution in [0.25, 0.3) is 0 Å². The van der Waals surface area contributed by atoms with Gasteiger partial charge in [-0.25, -0.2) is 9.37 Å². The summed E-state index contributed by atoms with van der Waals surface area (Å²) < 4.78 is 12.7. The molecule has 0 spiro atoms. The molecule has 0 aliphatic carbocycles. The van der Waals surface area contributed by atoms with Crippen LogP contribution in [-0.4, -0.2) is 24.0 Å². The number of pyridine rings is 1. The monoisotopic (exact) mass is 251 g/mol. The number of amides is 1. The highest BCUT2D eigenvalue weighted by Crippen LogP contribution is 2.32. The van der Waals surface area contributed by atoms with Crippen molar-refractivity contribution in [2.24, 2.45) is 5.41 Å². The molecule has 1 aliphatic rings. The summed E-state index contributed by atoms with van der Waals surface area (Å²) >= 11 is 0. The Labute approximate surface area is 106 Å². The summed E-state index contributed by atoms with van der Waals surface area (Å²) in [5.74, 6) is -0.0176. The van der Waals surface area contributed by atoms with Gasteiger partial charge in [-0.1, -0.05) is 13.3 Å². The Kier molecular flexibility index (Phi) is 3.91. The SMILES string of the molecule is CCCC1(C(=O)Nc2ccc(F)cn2)CCNC1. The number of nitrogens with zero attached hydrogens (tertiary/aromatic N) is 1. The van der Waals surface area contributed by atoms with Crippen molar-refractivity contribution in [2.75, 3.05) is 18.4 Å². The van der Waals surface area contributed by atoms with E-state index in [0.717, 1.165) is 32.0 Å². The van der Waals surface area contributed by atoms with Gasteiger partial charge in [0, 0.05) is 6.54 Å². The van der Waals surface area contributed by atoms with E-state index in [-0.39, 0.29) is 11.3 Å². The number of nitrogens with one attached hydrogen (secondary N) is 2. The first-order valence-electron chi connectivity index (χ1n) is 6.30. The molecule has 1 aromatic rings. The Balaban J connectivity index is 2.07. The maximum Gasteiger partial charge on any atom is 0.233 e. The molecule has 2 rings (SSSR count). The third kappa shape index (κ3) is 2.67. The van der Waals surface area contributed by atoms with Crippen molar-refractivity contribution in [2.45, 2.75) is 26.2 Å². The van der Waals surface area contributed by atoms with Crippen LogP contribution in [0.1, 0.15) is 26.2 Å². The molecule has 18 heavy (non-hydrogen) atoms. The summed E-state index contributed by atoms with van der Waals surface area (Å²) in [5, 5.41) is 6.01. The largest absolute Gasteiger partial charge is 0.316 e. The second-order valence-corrected chi connectivity index (χ2v) is 4.77. The van der Waals surface area contributed by atoms with E-state index >= 15 is 0 Å². The highest BCUT2D eigenvalue weighted by Gasteiger charge is 2.40. The quantitative estimate of drug-likeness (QED) is 0.859. The predicted octanol–water partition coefficient (Wildman–Crippen LogP) is 1.94. The van der Waals surface area contributed by atoms with Crippen LogP contribution in [0.2, 0.25) is 0 Å². The lowest BCUT2D eigenvalue weighted by atomic mass is 9.81. The van der Waals surface area contributed by atoms with E-state index in [1.165, 1.54) is 12.1 Å². The molecule has 0 bridgehead atoms. The van der Waals surface area contributed by atoms with Gasteiger partial charge in [0.25, 0.3) is 0 Å². The normalized spacial score (nSPS) is 23.0. The van der Waals surface area contributed by atoms with E-state index in [9.17, 15) is 9.18 Å². The average molecular weight is 251 g/mol. The van der Waals surface area contributed by atoms with Crippen molar-refractivity contribution < 1.29 is 9.18 Å². The summed E-state index contributed by atoms with van der Waals surface area (Å²) in [6.07, 6.45) is 3.77. The van der Waals surface area contributed by atoms with Crippen molar-refractivity contribution in [3.05, 3.63) is 24.1 Å². The van der Waals surface area contributed by atoms with Crippen molar-refractivity contribution in [1.82, 2.24) is 10.3 Å². The van der Waals surface area contributed by atoms with E-state index in [4.69, 9.17) is 0 Å². The average Bonchev–Trinajstić information content (AvgIpc) is 2.82. The van der Waals surface area contributed by atoms with Gasteiger partial charge >= 0.3 is 0 Å². The summed E-state index contributed by atoms with van der Waals surface area (Å²) in [6, 6.07) is 2.78. The van der Waals surface area contributed by atoms with Crippen molar-refractivity contribution in [3.8, 4) is 0 Å². The molecule has 1 unspecified atom stereocenters. The number of anilines is 1. The zero-order chi connectivity index (χ0) is 13.0. The minimum atomic E-state index is -0.404. The van der Waals surface area contributed by atoms with Gasteiger partial charge in [-0.2, -0.15) is 0 Å². The fourth-order valence-electron chi connectivity index (χ4n) is 2.44. The minimum Gasteiger partial charge on any atom is -0.316 e. The number of carbonyl (C=O) groups excluding carboxylic acids is 1. The number of hydrogen-bond acceptors (Lipinski definition) is 3. The summed E-state index contributed by atoms with van der Waals surface area (Å²) in [7, 11) is 0. The lowest BCUT2D eigenvalue weighted by molar-refractivity contribution is -0.125. The van der Waals surface area contributed by atoms with Crippen LogP contribution >= 0.6 is 0 Å². The first kappa shape index (κ1) is 13.0. The lowest BCUT2D eigenvalue weighted by Gasteiger charge is -2.26. The van der Waals surface area contributed by atoms with Crippen molar-refractivity contribution >= 4 is 11.7 Å². The van der Waals surface area contributed by atoms with Gasteiger partial charge in [-0.3, -0.25) is 4.79 Å². The van der Waals surface area contributed by atoms with Crippen LogP contribution < -0.4 is 10.6 Å². The smallest absolute Gasteiger partial charge is 0.233 e. The second kappa shape index (κ2) is 5.44. The Morgan fingerprint density at radius 3 is 3.00 bits per heavy atom. The summed E-state index contributed by atoms with van der Waals surface area (Å²) in [4.78, 5) is 16.2. The topological polar surface area (TPSA) is 54.0 Å². The van der Waals surface area contributed by atoms with Gasteiger partial charge in [-0.05, 0) is 31.5 Å². The van der Waals surface area contributed by atoms with Crippen LogP contribution in [-0.2, 0) is 4.79 Å². The Bertz CT molecular complexity index is 413. The molecular weight excluding hydrogens is 233 g/mol. The molecule has 1 aliphatic heterocycles. The van der Waals surface area contributed by atoms with Crippen LogP contribution in [0.4, 0.5) is 10.2 Å². The highest BCUT2D eigenvalue weighted by atomic mass is 19.1. The van der Waals surface area contributed by atoms with Crippen LogP contribution in [0.15, 0.2) is 18.3 Å². The standard InChI is InChI=1S/C13H18FN3O/c1-2-5-13(6-7-15-9-13)12(18)17-11-4-3-10(14)8-16-11/h3-4,8,15H,2,5-7,9H2,1H3,(H,16,17,18). The van der Waals surface area contributed by atoms with Crippen molar-refractivity contribution in [1.29, 1.82) is 0 Å². The van der Waals surface area contributed by atoms with Crippen LogP contribution in [0.3, 0.4) is 0 Å². The van der Waals surface area contributed by atoms with Crippen LogP contribution in [0.5, 0.6) is 0 Å². The lowest BCUT2D eigenvalue weighted by Crippen LogP contribution is -2.38. The van der Waals surface area contributed by atoms with Gasteiger partial charge < -0.3 is 10.6 Å². The fourth-order valence-corrected chi connectivity index (χ4v) is 2.44. The van der Waals surface area contributed by atoms with Crippen LogP contribution in [0, 0.1) is 11.2 Å². The molecule has 1 amide bonds. The molecule has 1 fully saturated rings. The molecule has 1 atom stereocenters. The molecule has 0 saturated carbocycles. The van der Waals surface area contributed by atoms with Gasteiger partial charge in [-0.15, -0.1) is 0 Å². The molecule has 5 heteroatoms. The minimum absolute atomic E-state index is 0.0199. The Morgan fingerprint density at radius 1 is 1.61 bits per heavy atom. The molecule has 0 radical (unpaired) electrons. The molecule has 4 nitrogen and oxygen atoms in total. The first-order valence-corrected chi connectivity index (χ1v) is 6.30. The maximum absolute atomic E-state index is 12.7.